The predicted octanol–water partition coefficient (Wildman–Crippen LogP) is 1.64. The second kappa shape index (κ2) is 3.53. The number of hydrogen-bond acceptors (Lipinski definition) is 3. The minimum absolute atomic E-state index is 0.0294. The summed E-state index contributed by atoms with van der Waals surface area (Å²) in [5.74, 6) is -0.0294. The van der Waals surface area contributed by atoms with Crippen LogP contribution in [-0.2, 0) is 11.2 Å². The summed E-state index contributed by atoms with van der Waals surface area (Å²) >= 11 is 7.43. The van der Waals surface area contributed by atoms with E-state index < -0.39 is 0 Å². The van der Waals surface area contributed by atoms with Gasteiger partial charge in [-0.05, 0) is 18.9 Å². The van der Waals surface area contributed by atoms with Crippen molar-refractivity contribution in [2.75, 3.05) is 11.9 Å². The Balaban J connectivity index is 2.43. The molecule has 0 aliphatic carbocycles. The molecule has 0 spiro atoms. The van der Waals surface area contributed by atoms with Gasteiger partial charge in [0.1, 0.15) is 0 Å². The molecule has 1 amide bonds. The first-order valence-electron chi connectivity index (χ1n) is 4.41. The molecule has 0 radical (unpaired) electrons. The van der Waals surface area contributed by atoms with Crippen molar-refractivity contribution in [2.45, 2.75) is 18.9 Å². The Hall–Kier alpha value is -0.580. The molecule has 0 fully saturated rings. The number of nitrogens with two attached hydrogens (primary N) is 1. The number of carbonyl (C=O) groups excluding carboxylic acids is 1. The number of halogens is 1. The summed E-state index contributed by atoms with van der Waals surface area (Å²) in [7, 11) is 1.75. The fraction of sp³-hybridized carbons (Fsp3) is 0.444. The van der Waals surface area contributed by atoms with Crippen LogP contribution in [0, 0.1) is 0 Å². The van der Waals surface area contributed by atoms with E-state index in [1.807, 2.05) is 6.07 Å². The van der Waals surface area contributed by atoms with Crippen molar-refractivity contribution >= 4 is 34.5 Å². The lowest BCUT2D eigenvalue weighted by atomic mass is 10.1. The minimum Gasteiger partial charge on any atom is -0.320 e. The molecule has 1 aliphatic rings. The third kappa shape index (κ3) is 1.54. The molecule has 0 saturated heterocycles. The van der Waals surface area contributed by atoms with Gasteiger partial charge < -0.3 is 10.6 Å². The second-order valence-corrected chi connectivity index (χ2v) is 5.17. The van der Waals surface area contributed by atoms with Crippen LogP contribution >= 0.6 is 22.9 Å². The van der Waals surface area contributed by atoms with E-state index in [9.17, 15) is 4.79 Å². The smallest absolute Gasteiger partial charge is 0.243 e. The zero-order valence-electron chi connectivity index (χ0n) is 7.79. The highest BCUT2D eigenvalue weighted by Crippen LogP contribution is 2.36. The molecule has 0 aromatic carbocycles. The Morgan fingerprint density at radius 2 is 2.43 bits per heavy atom. The van der Waals surface area contributed by atoms with Crippen LogP contribution in [0.2, 0.25) is 4.34 Å². The number of hydrogen-bond donors (Lipinski definition) is 1. The predicted molar refractivity (Wildman–Crippen MR) is 59.0 cm³/mol. The summed E-state index contributed by atoms with van der Waals surface area (Å²) in [6.45, 7) is 0. The van der Waals surface area contributed by atoms with E-state index in [0.29, 0.717) is 6.42 Å². The van der Waals surface area contributed by atoms with Gasteiger partial charge in [-0.15, -0.1) is 11.3 Å². The van der Waals surface area contributed by atoms with Crippen LogP contribution in [0.3, 0.4) is 0 Å². The van der Waals surface area contributed by atoms with Gasteiger partial charge in [0.2, 0.25) is 5.91 Å². The summed E-state index contributed by atoms with van der Waals surface area (Å²) < 4.78 is 0.727. The van der Waals surface area contributed by atoms with Crippen LogP contribution in [0.5, 0.6) is 0 Å². The summed E-state index contributed by atoms with van der Waals surface area (Å²) in [5, 5.41) is 0. The third-order valence-corrected chi connectivity index (χ3v) is 3.76. The van der Waals surface area contributed by atoms with E-state index in [1.54, 1.807) is 11.9 Å². The maximum atomic E-state index is 11.7. The summed E-state index contributed by atoms with van der Waals surface area (Å²) in [6, 6.07) is 1.45. The third-order valence-electron chi connectivity index (χ3n) is 2.45. The average molecular weight is 231 g/mol. The number of thiophene rings is 1. The zero-order chi connectivity index (χ0) is 10.3. The van der Waals surface area contributed by atoms with E-state index in [4.69, 9.17) is 17.3 Å². The Bertz CT molecular complexity index is 377. The molecule has 3 nitrogen and oxygen atoms in total. The SMILES string of the molecule is CN1C(=O)C(N)CCc2sc(Cl)cc21. The molecular formula is C9H11ClN2OS. The van der Waals surface area contributed by atoms with Gasteiger partial charge in [-0.2, -0.15) is 0 Å². The maximum Gasteiger partial charge on any atom is 0.243 e. The molecule has 14 heavy (non-hydrogen) atoms. The first-order chi connectivity index (χ1) is 6.59. The minimum atomic E-state index is -0.377. The summed E-state index contributed by atoms with van der Waals surface area (Å²) in [4.78, 5) is 14.4. The lowest BCUT2D eigenvalue weighted by Gasteiger charge is -2.17. The molecule has 1 atom stereocenters. The topological polar surface area (TPSA) is 46.3 Å². The fourth-order valence-corrected chi connectivity index (χ4v) is 2.94. The Kier molecular flexibility index (Phi) is 2.51. The molecule has 1 unspecified atom stereocenters. The van der Waals surface area contributed by atoms with Crippen LogP contribution in [-0.4, -0.2) is 19.0 Å². The molecule has 1 aliphatic heterocycles. The Morgan fingerprint density at radius 3 is 3.14 bits per heavy atom. The number of rotatable bonds is 0. The largest absolute Gasteiger partial charge is 0.320 e. The number of nitrogens with zero attached hydrogens (tertiary/aromatic N) is 1. The summed E-state index contributed by atoms with van der Waals surface area (Å²) in [5.41, 5.74) is 6.64. The van der Waals surface area contributed by atoms with E-state index in [2.05, 4.69) is 0 Å². The molecule has 5 heteroatoms. The van der Waals surface area contributed by atoms with Crippen LogP contribution in [0.25, 0.3) is 0 Å². The fourth-order valence-electron chi connectivity index (χ4n) is 1.63. The van der Waals surface area contributed by atoms with Crippen molar-refractivity contribution in [1.29, 1.82) is 0 Å². The van der Waals surface area contributed by atoms with Gasteiger partial charge in [0, 0.05) is 11.9 Å². The van der Waals surface area contributed by atoms with Crippen LogP contribution in [0.4, 0.5) is 5.69 Å². The Labute approximate surface area is 91.5 Å². The van der Waals surface area contributed by atoms with Gasteiger partial charge >= 0.3 is 0 Å². The number of likely N-dealkylation sites (N-methyl/N-ethyl adjacent to an activating group) is 1. The number of fused-ring (bicyclic) bond motifs is 1. The van der Waals surface area contributed by atoms with Crippen molar-refractivity contribution < 1.29 is 4.79 Å². The van der Waals surface area contributed by atoms with Crippen molar-refractivity contribution in [2.24, 2.45) is 5.73 Å². The molecule has 0 saturated carbocycles. The van der Waals surface area contributed by atoms with Crippen molar-refractivity contribution in [3.8, 4) is 0 Å². The molecule has 2 rings (SSSR count). The maximum absolute atomic E-state index is 11.7. The number of anilines is 1. The van der Waals surface area contributed by atoms with Gasteiger partial charge in [0.15, 0.2) is 0 Å². The molecular weight excluding hydrogens is 220 g/mol. The van der Waals surface area contributed by atoms with Gasteiger partial charge in [-0.25, -0.2) is 0 Å². The van der Waals surface area contributed by atoms with Gasteiger partial charge in [0.25, 0.3) is 0 Å². The van der Waals surface area contributed by atoms with Gasteiger partial charge in [-0.3, -0.25) is 4.79 Å². The first-order valence-corrected chi connectivity index (χ1v) is 5.60. The van der Waals surface area contributed by atoms with Crippen LogP contribution in [0.1, 0.15) is 11.3 Å². The quantitative estimate of drug-likeness (QED) is 0.737. The average Bonchev–Trinajstić information content (AvgIpc) is 2.49. The highest BCUT2D eigenvalue weighted by molar-refractivity contribution is 7.16. The molecule has 0 bridgehead atoms. The van der Waals surface area contributed by atoms with Crippen molar-refractivity contribution in [3.63, 3.8) is 0 Å². The standard InChI is InChI=1S/C9H11ClN2OS/c1-12-6-4-8(10)14-7(6)3-2-5(11)9(12)13/h4-5H,2-3,11H2,1H3. The zero-order valence-corrected chi connectivity index (χ0v) is 9.36. The van der Waals surface area contributed by atoms with Gasteiger partial charge in [0.05, 0.1) is 16.1 Å². The number of amides is 1. The molecule has 2 N–H and O–H groups in total. The molecule has 76 valence electrons. The van der Waals surface area contributed by atoms with E-state index in [-0.39, 0.29) is 11.9 Å². The van der Waals surface area contributed by atoms with Crippen LogP contribution < -0.4 is 10.6 Å². The van der Waals surface area contributed by atoms with E-state index in [0.717, 1.165) is 21.3 Å². The molecule has 1 aromatic rings. The summed E-state index contributed by atoms with van der Waals surface area (Å²) in [6.07, 6.45) is 1.54. The number of carbonyl (C=O) groups is 1. The second-order valence-electron chi connectivity index (χ2n) is 3.40. The van der Waals surface area contributed by atoms with Crippen molar-refractivity contribution in [3.05, 3.63) is 15.3 Å². The lowest BCUT2D eigenvalue weighted by molar-refractivity contribution is -0.119. The Morgan fingerprint density at radius 1 is 1.71 bits per heavy atom. The molecule has 1 aromatic heterocycles. The number of aryl methyl sites for hydroxylation is 1. The van der Waals surface area contributed by atoms with Crippen molar-refractivity contribution in [1.82, 2.24) is 0 Å². The van der Waals surface area contributed by atoms with Gasteiger partial charge in [-0.1, -0.05) is 11.6 Å². The normalized spacial score (nSPS) is 22.1. The highest BCUT2D eigenvalue weighted by atomic mass is 35.5. The molecule has 2 heterocycles. The lowest BCUT2D eigenvalue weighted by Crippen LogP contribution is -2.40. The van der Waals surface area contributed by atoms with E-state index in [1.165, 1.54) is 11.3 Å². The van der Waals surface area contributed by atoms with Crippen LogP contribution in [0.15, 0.2) is 6.07 Å². The highest BCUT2D eigenvalue weighted by Gasteiger charge is 2.26. The first kappa shape index (κ1) is 9.96. The van der Waals surface area contributed by atoms with E-state index >= 15 is 0 Å². The monoisotopic (exact) mass is 230 g/mol.